The van der Waals surface area contributed by atoms with Crippen molar-refractivity contribution in [2.45, 2.75) is 62.6 Å². The molecule has 51 heavy (non-hydrogen) atoms. The van der Waals surface area contributed by atoms with E-state index in [0.717, 1.165) is 50.1 Å². The predicted molar refractivity (Wildman–Crippen MR) is 180 cm³/mol. The summed E-state index contributed by atoms with van der Waals surface area (Å²) in [5, 5.41) is 0. The first kappa shape index (κ1) is 36.6. The second kappa shape index (κ2) is 15.6. The molecule has 0 N–H and O–H groups in total. The van der Waals surface area contributed by atoms with Crippen LogP contribution >= 0.6 is 0 Å². The Bertz CT molecular complexity index is 1640. The van der Waals surface area contributed by atoms with E-state index in [1.54, 1.807) is 24.5 Å². The number of alkyl halides is 6. The van der Waals surface area contributed by atoms with Gasteiger partial charge in [-0.1, -0.05) is 36.4 Å². The molecule has 7 nitrogen and oxygen atoms in total. The molecule has 3 fully saturated rings. The first-order valence-corrected chi connectivity index (χ1v) is 17.3. The van der Waals surface area contributed by atoms with Gasteiger partial charge in [0.25, 0.3) is 5.91 Å². The van der Waals surface area contributed by atoms with Gasteiger partial charge in [-0.3, -0.25) is 24.4 Å². The van der Waals surface area contributed by atoms with Crippen LogP contribution < -0.4 is 0 Å². The second-order valence-corrected chi connectivity index (χ2v) is 13.6. The Balaban J connectivity index is 1.08. The number of rotatable bonds is 7. The van der Waals surface area contributed by atoms with Crippen molar-refractivity contribution in [3.05, 3.63) is 107 Å². The largest absolute Gasteiger partial charge is 0.416 e. The number of likely N-dealkylation sites (tertiary alicyclic amines) is 2. The third kappa shape index (κ3) is 9.17. The van der Waals surface area contributed by atoms with Gasteiger partial charge >= 0.3 is 12.4 Å². The average Bonchev–Trinajstić information content (AvgIpc) is 3.13. The number of aromatic nitrogens is 1. The lowest BCUT2D eigenvalue weighted by Gasteiger charge is -2.48. The monoisotopic (exact) mass is 713 g/mol. The number of piperazine rings is 1. The molecule has 3 aliphatic heterocycles. The number of hydrogen-bond acceptors (Lipinski definition) is 5. The zero-order valence-electron chi connectivity index (χ0n) is 28.1. The molecule has 0 saturated carbocycles. The van der Waals surface area contributed by atoms with E-state index < -0.39 is 41.0 Å². The highest BCUT2D eigenvalue weighted by Gasteiger charge is 2.40. The maximum Gasteiger partial charge on any atom is 0.416 e. The second-order valence-electron chi connectivity index (χ2n) is 13.6. The van der Waals surface area contributed by atoms with Crippen LogP contribution in [0.4, 0.5) is 26.3 Å². The van der Waals surface area contributed by atoms with Crippen molar-refractivity contribution in [3.63, 3.8) is 0 Å². The Morgan fingerprint density at radius 3 is 1.94 bits per heavy atom. The lowest BCUT2D eigenvalue weighted by molar-refractivity contribution is -0.143. The third-order valence-corrected chi connectivity index (χ3v) is 10.4. The molecule has 3 aliphatic rings. The fraction of sp³-hybridized carbons (Fsp3) is 0.447. The molecule has 272 valence electrons. The van der Waals surface area contributed by atoms with Gasteiger partial charge in [-0.15, -0.1) is 0 Å². The van der Waals surface area contributed by atoms with Crippen LogP contribution in [0.5, 0.6) is 0 Å². The number of pyridine rings is 1. The number of benzene rings is 2. The maximum atomic E-state index is 13.8. The van der Waals surface area contributed by atoms with Crippen molar-refractivity contribution in [2.24, 2.45) is 0 Å². The molecule has 4 heterocycles. The van der Waals surface area contributed by atoms with Crippen molar-refractivity contribution in [1.29, 1.82) is 0 Å². The number of carbonyl (C=O) groups is 2. The fourth-order valence-electron chi connectivity index (χ4n) is 7.62. The van der Waals surface area contributed by atoms with Crippen molar-refractivity contribution in [2.75, 3.05) is 45.8 Å². The lowest BCUT2D eigenvalue weighted by atomic mass is 9.90. The van der Waals surface area contributed by atoms with Gasteiger partial charge < -0.3 is 9.80 Å². The van der Waals surface area contributed by atoms with Crippen molar-refractivity contribution in [3.8, 4) is 0 Å². The molecule has 2 aromatic carbocycles. The molecule has 2 unspecified atom stereocenters. The molecule has 2 atom stereocenters. The fourth-order valence-corrected chi connectivity index (χ4v) is 7.62. The van der Waals surface area contributed by atoms with Gasteiger partial charge in [-0.25, -0.2) is 0 Å². The van der Waals surface area contributed by atoms with Crippen molar-refractivity contribution in [1.82, 2.24) is 24.6 Å². The number of carbonyl (C=O) groups excluding carboxylic acids is 2. The van der Waals surface area contributed by atoms with E-state index in [0.29, 0.717) is 50.5 Å². The van der Waals surface area contributed by atoms with E-state index in [1.807, 2.05) is 47.4 Å². The molecule has 0 spiro atoms. The summed E-state index contributed by atoms with van der Waals surface area (Å²) in [5.41, 5.74) is -1.80. The summed E-state index contributed by atoms with van der Waals surface area (Å²) in [5.74, 6) is -0.834. The van der Waals surface area contributed by atoms with E-state index in [1.165, 1.54) is 4.90 Å². The summed E-state index contributed by atoms with van der Waals surface area (Å²) in [6.45, 7) is 4.92. The van der Waals surface area contributed by atoms with Crippen LogP contribution in [0, 0.1) is 0 Å². The standard InChI is InChI=1S/C38H41F6N5O2/c39-37(40,41)30-22-29(23-31(24-30)38(42,43)44)36(51)49-16-12-33(25-34(49)21-27-5-2-1-3-6-27)47-19-17-46(18-20-47)32-10-14-48(15-11-32)35(50)9-8-28-7-4-13-45-26-28/h1-9,13,22-24,26,32-34H,10-12,14-21,25H2/b9-8+. The summed E-state index contributed by atoms with van der Waals surface area (Å²) in [7, 11) is 0. The first-order chi connectivity index (χ1) is 24.3. The quantitative estimate of drug-likeness (QED) is 0.203. The van der Waals surface area contributed by atoms with Crippen molar-refractivity contribution < 1.29 is 35.9 Å². The Kier molecular flexibility index (Phi) is 11.2. The zero-order valence-corrected chi connectivity index (χ0v) is 28.1. The van der Waals surface area contributed by atoms with Gasteiger partial charge in [0.1, 0.15) is 0 Å². The molecule has 3 saturated heterocycles. The Hall–Kier alpha value is -4.23. The summed E-state index contributed by atoms with van der Waals surface area (Å²) in [6.07, 6.45) is 0.0136. The first-order valence-electron chi connectivity index (χ1n) is 17.3. The number of piperidine rings is 2. The van der Waals surface area contributed by atoms with E-state index >= 15 is 0 Å². The van der Waals surface area contributed by atoms with Gasteiger partial charge in [0.2, 0.25) is 5.91 Å². The molecule has 1 aromatic heterocycles. The smallest absolute Gasteiger partial charge is 0.339 e. The molecule has 0 aliphatic carbocycles. The van der Waals surface area contributed by atoms with Gasteiger partial charge in [-0.05, 0) is 73.6 Å². The van der Waals surface area contributed by atoms with Crippen LogP contribution in [0.3, 0.4) is 0 Å². The molecule has 0 radical (unpaired) electrons. The van der Waals surface area contributed by atoms with E-state index in [9.17, 15) is 35.9 Å². The molecule has 2 amide bonds. The highest BCUT2D eigenvalue weighted by Crippen LogP contribution is 2.37. The zero-order chi connectivity index (χ0) is 36.2. The molecule has 3 aromatic rings. The van der Waals surface area contributed by atoms with Crippen LogP contribution in [0.1, 0.15) is 58.3 Å². The molecule has 6 rings (SSSR count). The SMILES string of the molecule is O=C(/C=C/c1cccnc1)N1CCC(N2CCN(C3CCN(C(=O)c4cc(C(F)(F)F)cc(C(F)(F)F)c4)C(Cc4ccccc4)C3)CC2)CC1. The summed E-state index contributed by atoms with van der Waals surface area (Å²) >= 11 is 0. The molecule has 13 heteroatoms. The lowest BCUT2D eigenvalue weighted by Crippen LogP contribution is -2.58. The normalized spacial score (nSPS) is 21.7. The highest BCUT2D eigenvalue weighted by atomic mass is 19.4. The van der Waals surface area contributed by atoms with Crippen LogP contribution in [0.2, 0.25) is 0 Å². The van der Waals surface area contributed by atoms with E-state index in [2.05, 4.69) is 14.8 Å². The summed E-state index contributed by atoms with van der Waals surface area (Å²) in [6, 6.07) is 14.3. The minimum Gasteiger partial charge on any atom is -0.339 e. The third-order valence-electron chi connectivity index (χ3n) is 10.4. The minimum absolute atomic E-state index is 0.00847. The summed E-state index contributed by atoms with van der Waals surface area (Å²) < 4.78 is 81.7. The maximum absolute atomic E-state index is 13.8. The number of nitrogens with zero attached hydrogens (tertiary/aromatic N) is 5. The molecular weight excluding hydrogens is 672 g/mol. The highest BCUT2D eigenvalue weighted by molar-refractivity contribution is 5.95. The topological polar surface area (TPSA) is 60.0 Å². The van der Waals surface area contributed by atoms with Crippen LogP contribution in [-0.2, 0) is 23.6 Å². The van der Waals surface area contributed by atoms with E-state index in [4.69, 9.17) is 0 Å². The van der Waals surface area contributed by atoms with Gasteiger partial charge in [0.05, 0.1) is 11.1 Å². The molecule has 0 bridgehead atoms. The van der Waals surface area contributed by atoms with Crippen LogP contribution in [0.15, 0.2) is 79.1 Å². The van der Waals surface area contributed by atoms with Gasteiger partial charge in [0.15, 0.2) is 0 Å². The summed E-state index contributed by atoms with van der Waals surface area (Å²) in [4.78, 5) is 38.8. The Labute approximate surface area is 293 Å². The average molecular weight is 714 g/mol. The van der Waals surface area contributed by atoms with Gasteiger partial charge in [-0.2, -0.15) is 26.3 Å². The van der Waals surface area contributed by atoms with Crippen molar-refractivity contribution >= 4 is 17.9 Å². The molecular formula is C38H41F6N5O2. The van der Waals surface area contributed by atoms with Crippen LogP contribution in [-0.4, -0.2) is 100 Å². The number of amides is 2. The van der Waals surface area contributed by atoms with Crippen LogP contribution in [0.25, 0.3) is 6.08 Å². The number of hydrogen-bond donors (Lipinski definition) is 0. The Morgan fingerprint density at radius 2 is 1.35 bits per heavy atom. The van der Waals surface area contributed by atoms with Gasteiger partial charge in [0, 0.05) is 88.0 Å². The van der Waals surface area contributed by atoms with E-state index in [-0.39, 0.29) is 24.6 Å². The minimum atomic E-state index is -5.04. The Morgan fingerprint density at radius 1 is 0.745 bits per heavy atom. The number of halogens is 6. The predicted octanol–water partition coefficient (Wildman–Crippen LogP) is 6.66.